The van der Waals surface area contributed by atoms with E-state index in [9.17, 15) is 0 Å². The molecule has 0 aliphatic carbocycles. The van der Waals surface area contributed by atoms with Crippen molar-refractivity contribution in [3.05, 3.63) is 0 Å². The van der Waals surface area contributed by atoms with Crippen LogP contribution in [0.4, 0.5) is 0 Å². The van der Waals surface area contributed by atoms with Crippen LogP contribution >= 0.6 is 0 Å². The average molecular weight is 302 g/mol. The number of hydrogen-bond donors (Lipinski definition) is 0. The number of rotatable bonds is 5. The molecule has 3 atom stereocenters. The molecule has 2 heterocycles. The Labute approximate surface area is 124 Å². The molecule has 0 spiro atoms. The van der Waals surface area contributed by atoms with Crippen LogP contribution in [0.15, 0.2) is 0 Å². The van der Waals surface area contributed by atoms with Gasteiger partial charge in [-0.15, -0.1) is 0 Å². The Kier molecular flexibility index (Phi) is 4.40. The summed E-state index contributed by atoms with van der Waals surface area (Å²) < 4.78 is 23.7. The van der Waals surface area contributed by atoms with Crippen LogP contribution in [-0.2, 0) is 18.6 Å². The van der Waals surface area contributed by atoms with Crippen molar-refractivity contribution in [1.29, 1.82) is 0 Å². The highest BCUT2D eigenvalue weighted by Crippen LogP contribution is 2.40. The SMILES string of the molecule is CC1(C)OC[C@H]([C@H](C[C@@H]2CO2)O[Si](C)(C)C(C)(C)C)O1. The first-order valence-electron chi connectivity index (χ1n) is 7.61. The van der Waals surface area contributed by atoms with Crippen molar-refractivity contribution in [2.75, 3.05) is 13.2 Å². The lowest BCUT2D eigenvalue weighted by atomic mass is 10.1. The predicted molar refractivity (Wildman–Crippen MR) is 81.3 cm³/mol. The third-order valence-corrected chi connectivity index (χ3v) is 9.10. The zero-order valence-corrected chi connectivity index (χ0v) is 15.0. The predicted octanol–water partition coefficient (Wildman–Crippen LogP) is 3.32. The Morgan fingerprint density at radius 1 is 1.25 bits per heavy atom. The monoisotopic (exact) mass is 302 g/mol. The second-order valence-electron chi connectivity index (χ2n) is 7.97. The van der Waals surface area contributed by atoms with Crippen LogP contribution in [0, 0.1) is 0 Å². The van der Waals surface area contributed by atoms with Gasteiger partial charge in [-0.3, -0.25) is 0 Å². The molecule has 0 aromatic rings. The summed E-state index contributed by atoms with van der Waals surface area (Å²) in [6.45, 7) is 16.8. The summed E-state index contributed by atoms with van der Waals surface area (Å²) in [6, 6.07) is 0. The molecule has 2 fully saturated rings. The highest BCUT2D eigenvalue weighted by atomic mass is 28.4. The van der Waals surface area contributed by atoms with Gasteiger partial charge in [0.2, 0.25) is 0 Å². The van der Waals surface area contributed by atoms with E-state index in [2.05, 4.69) is 33.9 Å². The van der Waals surface area contributed by atoms with Crippen molar-refractivity contribution in [3.63, 3.8) is 0 Å². The second kappa shape index (κ2) is 5.36. The normalized spacial score (nSPS) is 31.4. The molecule has 2 aliphatic heterocycles. The molecule has 2 saturated heterocycles. The number of ether oxygens (including phenoxy) is 3. The first kappa shape index (κ1) is 16.4. The van der Waals surface area contributed by atoms with Gasteiger partial charge in [0, 0.05) is 6.42 Å². The van der Waals surface area contributed by atoms with Crippen LogP contribution in [0.2, 0.25) is 18.1 Å². The van der Waals surface area contributed by atoms with Crippen molar-refractivity contribution < 1.29 is 18.6 Å². The maximum Gasteiger partial charge on any atom is 0.192 e. The minimum atomic E-state index is -1.81. The van der Waals surface area contributed by atoms with Gasteiger partial charge in [0.25, 0.3) is 0 Å². The summed E-state index contributed by atoms with van der Waals surface area (Å²) in [5.74, 6) is -0.496. The van der Waals surface area contributed by atoms with E-state index < -0.39 is 14.1 Å². The lowest BCUT2D eigenvalue weighted by Gasteiger charge is -2.40. The van der Waals surface area contributed by atoms with Crippen LogP contribution in [0.1, 0.15) is 41.0 Å². The summed E-state index contributed by atoms with van der Waals surface area (Å²) in [6.07, 6.45) is 1.35. The van der Waals surface area contributed by atoms with Crippen LogP contribution in [0.5, 0.6) is 0 Å². The maximum atomic E-state index is 6.58. The van der Waals surface area contributed by atoms with Crippen molar-refractivity contribution in [3.8, 4) is 0 Å². The van der Waals surface area contributed by atoms with E-state index in [1.54, 1.807) is 0 Å². The summed E-state index contributed by atoms with van der Waals surface area (Å²) in [5, 5.41) is 0.199. The molecule has 2 aliphatic rings. The number of epoxide rings is 1. The van der Waals surface area contributed by atoms with Gasteiger partial charge in [-0.2, -0.15) is 0 Å². The molecule has 0 saturated carbocycles. The molecule has 20 heavy (non-hydrogen) atoms. The summed E-state index contributed by atoms with van der Waals surface area (Å²) in [5.41, 5.74) is 0. The van der Waals surface area contributed by atoms with E-state index >= 15 is 0 Å². The van der Waals surface area contributed by atoms with Gasteiger partial charge >= 0.3 is 0 Å². The molecule has 2 rings (SSSR count). The van der Waals surface area contributed by atoms with E-state index in [4.69, 9.17) is 18.6 Å². The van der Waals surface area contributed by atoms with Crippen LogP contribution in [-0.4, -0.2) is 45.6 Å². The van der Waals surface area contributed by atoms with Crippen LogP contribution < -0.4 is 0 Å². The maximum absolute atomic E-state index is 6.58. The molecule has 0 bridgehead atoms. The zero-order chi connectivity index (χ0) is 15.2. The van der Waals surface area contributed by atoms with Gasteiger partial charge in [0.05, 0.1) is 25.4 Å². The minimum absolute atomic E-state index is 0.0170. The largest absolute Gasteiger partial charge is 0.411 e. The van der Waals surface area contributed by atoms with Crippen molar-refractivity contribution in [2.45, 2.75) is 83.3 Å². The molecule has 0 radical (unpaired) electrons. The lowest BCUT2D eigenvalue weighted by molar-refractivity contribution is -0.150. The molecule has 0 aromatic heterocycles. The molecule has 4 nitrogen and oxygen atoms in total. The Hall–Kier alpha value is 0.0569. The van der Waals surface area contributed by atoms with E-state index in [0.717, 1.165) is 13.0 Å². The average Bonchev–Trinajstić information content (AvgIpc) is 2.99. The first-order valence-corrected chi connectivity index (χ1v) is 10.5. The fourth-order valence-electron chi connectivity index (χ4n) is 2.19. The van der Waals surface area contributed by atoms with Crippen molar-refractivity contribution >= 4 is 8.32 Å². The topological polar surface area (TPSA) is 40.2 Å². The third-order valence-electron chi connectivity index (χ3n) is 4.59. The summed E-state index contributed by atoms with van der Waals surface area (Å²) in [7, 11) is -1.81. The second-order valence-corrected chi connectivity index (χ2v) is 12.7. The highest BCUT2D eigenvalue weighted by Gasteiger charge is 2.46. The van der Waals surface area contributed by atoms with E-state index in [-0.39, 0.29) is 17.2 Å². The van der Waals surface area contributed by atoms with Gasteiger partial charge in [0.15, 0.2) is 14.1 Å². The van der Waals surface area contributed by atoms with Gasteiger partial charge in [0.1, 0.15) is 6.10 Å². The fourth-order valence-corrected chi connectivity index (χ4v) is 3.55. The van der Waals surface area contributed by atoms with E-state index in [1.165, 1.54) is 0 Å². The Bertz CT molecular complexity index is 344. The molecule has 0 aromatic carbocycles. The third kappa shape index (κ3) is 4.04. The van der Waals surface area contributed by atoms with E-state index in [1.807, 2.05) is 13.8 Å². The Balaban J connectivity index is 2.04. The molecular weight excluding hydrogens is 272 g/mol. The number of hydrogen-bond acceptors (Lipinski definition) is 4. The van der Waals surface area contributed by atoms with Gasteiger partial charge in [-0.25, -0.2) is 0 Å². The lowest BCUT2D eigenvalue weighted by Crippen LogP contribution is -2.48. The minimum Gasteiger partial charge on any atom is -0.411 e. The molecule has 0 amide bonds. The standard InChI is InChI=1S/C15H30O4Si/c1-14(2,3)20(6,7)19-12(8-11-9-16-11)13-10-17-15(4,5)18-13/h11-13H,8-10H2,1-7H3/t11-,12+,13-/m1/s1. The van der Waals surface area contributed by atoms with Gasteiger partial charge in [-0.1, -0.05) is 20.8 Å². The molecule has 5 heteroatoms. The van der Waals surface area contributed by atoms with Crippen molar-refractivity contribution in [2.24, 2.45) is 0 Å². The molecule has 0 unspecified atom stereocenters. The van der Waals surface area contributed by atoms with Gasteiger partial charge < -0.3 is 18.6 Å². The Morgan fingerprint density at radius 3 is 2.25 bits per heavy atom. The highest BCUT2D eigenvalue weighted by molar-refractivity contribution is 6.74. The fraction of sp³-hybridized carbons (Fsp3) is 1.00. The van der Waals surface area contributed by atoms with E-state index in [0.29, 0.717) is 12.7 Å². The quantitative estimate of drug-likeness (QED) is 0.577. The molecular formula is C15H30O4Si. The summed E-state index contributed by atoms with van der Waals surface area (Å²) in [4.78, 5) is 0. The van der Waals surface area contributed by atoms with Gasteiger partial charge in [-0.05, 0) is 32.0 Å². The van der Waals surface area contributed by atoms with Crippen molar-refractivity contribution in [1.82, 2.24) is 0 Å². The molecule has 0 N–H and O–H groups in total. The van der Waals surface area contributed by atoms with Crippen LogP contribution in [0.25, 0.3) is 0 Å². The zero-order valence-electron chi connectivity index (χ0n) is 14.0. The van der Waals surface area contributed by atoms with Crippen LogP contribution in [0.3, 0.4) is 0 Å². The molecule has 118 valence electrons. The Morgan fingerprint density at radius 2 is 1.85 bits per heavy atom. The first-order chi connectivity index (χ1) is 9.00. The smallest absolute Gasteiger partial charge is 0.192 e. The summed E-state index contributed by atoms with van der Waals surface area (Å²) >= 11 is 0.